The van der Waals surface area contributed by atoms with Crippen molar-refractivity contribution in [2.45, 2.75) is 59.8 Å². The normalized spacial score (nSPS) is 13.5. The van der Waals surface area contributed by atoms with E-state index in [1.807, 2.05) is 65.8 Å². The van der Waals surface area contributed by atoms with Crippen LogP contribution in [0.3, 0.4) is 0 Å². The zero-order valence-electron chi connectivity index (χ0n) is 21.2. The van der Waals surface area contributed by atoms with Gasteiger partial charge in [-0.3, -0.25) is 0 Å². The molecule has 0 unspecified atom stereocenters. The van der Waals surface area contributed by atoms with Crippen LogP contribution in [0.2, 0.25) is 0 Å². The molecule has 3 aromatic rings. The van der Waals surface area contributed by atoms with E-state index in [2.05, 4.69) is 5.32 Å². The first-order valence-corrected chi connectivity index (χ1v) is 11.7. The van der Waals surface area contributed by atoms with Crippen molar-refractivity contribution >= 4 is 11.7 Å². The molecule has 1 aliphatic heterocycles. The van der Waals surface area contributed by atoms with Crippen LogP contribution in [0.25, 0.3) is 22.3 Å². The number of hydrogen-bond donors (Lipinski definition) is 1. The van der Waals surface area contributed by atoms with Crippen LogP contribution < -0.4 is 5.32 Å². The maximum atomic E-state index is 14.7. The smallest absolute Gasteiger partial charge is 0.339 e. The van der Waals surface area contributed by atoms with Gasteiger partial charge in [0.25, 0.3) is 0 Å². The number of methoxy groups -OCH3 is 1. The number of fused-ring (bicyclic) bond motifs is 3. The second-order valence-corrected chi connectivity index (χ2v) is 10.0. The highest BCUT2D eigenvalue weighted by atomic mass is 19.2. The van der Waals surface area contributed by atoms with Crippen molar-refractivity contribution in [2.75, 3.05) is 12.4 Å². The van der Waals surface area contributed by atoms with Crippen LogP contribution in [-0.4, -0.2) is 18.7 Å². The maximum Gasteiger partial charge on any atom is 0.339 e. The number of carbonyl (C=O) groups excluding carboxylic acids is 1. The number of carbonyl (C=O) groups is 1. The fourth-order valence-corrected chi connectivity index (χ4v) is 4.86. The lowest BCUT2D eigenvalue weighted by molar-refractivity contribution is -0.164. The van der Waals surface area contributed by atoms with Gasteiger partial charge in [-0.25, -0.2) is 13.6 Å². The molecule has 0 bridgehead atoms. The quantitative estimate of drug-likeness (QED) is 0.403. The minimum atomic E-state index is -0.978. The predicted molar refractivity (Wildman–Crippen MR) is 134 cm³/mol. The van der Waals surface area contributed by atoms with E-state index in [1.54, 1.807) is 6.07 Å². The molecule has 6 heteroatoms. The summed E-state index contributed by atoms with van der Waals surface area (Å²) in [5, 5.41) is 3.28. The Balaban J connectivity index is 2.11. The molecule has 3 aromatic carbocycles. The van der Waals surface area contributed by atoms with Gasteiger partial charge >= 0.3 is 5.97 Å². The number of anilines is 1. The van der Waals surface area contributed by atoms with Gasteiger partial charge in [0, 0.05) is 28.9 Å². The number of aryl methyl sites for hydroxylation is 1. The lowest BCUT2D eigenvalue weighted by Gasteiger charge is -2.33. The minimum absolute atomic E-state index is 0.137. The molecule has 0 saturated carbocycles. The molecule has 4 nitrogen and oxygen atoms in total. The summed E-state index contributed by atoms with van der Waals surface area (Å²) in [5.74, 6) is -2.22. The van der Waals surface area contributed by atoms with E-state index >= 15 is 0 Å². The van der Waals surface area contributed by atoms with E-state index in [4.69, 9.17) is 9.47 Å². The van der Waals surface area contributed by atoms with Gasteiger partial charge in [-0.15, -0.1) is 0 Å². The molecular weight excluding hydrogens is 448 g/mol. The molecule has 35 heavy (non-hydrogen) atoms. The molecule has 0 radical (unpaired) electrons. The van der Waals surface area contributed by atoms with Gasteiger partial charge in [0.2, 0.25) is 0 Å². The van der Waals surface area contributed by atoms with Crippen LogP contribution in [0.5, 0.6) is 0 Å². The van der Waals surface area contributed by atoms with E-state index in [9.17, 15) is 13.6 Å². The maximum absolute atomic E-state index is 14.7. The van der Waals surface area contributed by atoms with Gasteiger partial charge in [-0.05, 0) is 75.4 Å². The predicted octanol–water partition coefficient (Wildman–Crippen LogP) is 7.18. The van der Waals surface area contributed by atoms with Crippen molar-refractivity contribution in [3.8, 4) is 22.3 Å². The largest absolute Gasteiger partial charge is 0.467 e. The Labute approximate surface area is 205 Å². The summed E-state index contributed by atoms with van der Waals surface area (Å²) in [7, 11) is 1.35. The van der Waals surface area contributed by atoms with Crippen LogP contribution >= 0.6 is 0 Å². The number of ether oxygens (including phenoxy) is 2. The zero-order valence-corrected chi connectivity index (χ0v) is 21.2. The highest BCUT2D eigenvalue weighted by Crippen LogP contribution is 2.49. The van der Waals surface area contributed by atoms with Crippen molar-refractivity contribution in [1.29, 1.82) is 0 Å². The molecule has 1 N–H and O–H groups in total. The van der Waals surface area contributed by atoms with Crippen LogP contribution in [0, 0.1) is 32.4 Å². The molecule has 1 atom stereocenters. The summed E-state index contributed by atoms with van der Waals surface area (Å²) in [4.78, 5) is 13.1. The molecular formula is C29H31F2NO3. The molecule has 0 amide bonds. The third kappa shape index (κ3) is 4.43. The van der Waals surface area contributed by atoms with Crippen LogP contribution in [0.4, 0.5) is 14.5 Å². The second kappa shape index (κ2) is 9.08. The average molecular weight is 480 g/mol. The van der Waals surface area contributed by atoms with E-state index in [0.29, 0.717) is 11.1 Å². The SMILES string of the molecule is COC(=O)[C@@H](OC(C)(C)C)c1c(C)c2c(c(C)c1-c1ccc(C)cc1)-c1ccc(F)c(F)c1CN2. The van der Waals surface area contributed by atoms with E-state index in [1.165, 1.54) is 7.11 Å². The van der Waals surface area contributed by atoms with Crippen LogP contribution in [0.15, 0.2) is 36.4 Å². The van der Waals surface area contributed by atoms with Gasteiger partial charge in [-0.1, -0.05) is 35.9 Å². The highest BCUT2D eigenvalue weighted by molar-refractivity contribution is 5.96. The Morgan fingerprint density at radius 3 is 2.23 bits per heavy atom. The van der Waals surface area contributed by atoms with Gasteiger partial charge in [0.1, 0.15) is 0 Å². The van der Waals surface area contributed by atoms with Crippen molar-refractivity contribution in [2.24, 2.45) is 0 Å². The van der Waals surface area contributed by atoms with Crippen molar-refractivity contribution < 1.29 is 23.0 Å². The molecule has 4 rings (SSSR count). The average Bonchev–Trinajstić information content (AvgIpc) is 2.81. The standard InChI is InChI=1S/C29H31F2NO3/c1-15-8-10-18(11-9-15)22-16(2)23-19-12-13-21(30)25(31)20(19)14-32-26(23)17(3)24(22)27(28(33)34-7)35-29(4,5)6/h8-13,27,32H,14H2,1-7H3/t27-/m0/s1. The Kier molecular flexibility index (Phi) is 6.45. The number of halogens is 2. The molecule has 0 aromatic heterocycles. The molecule has 1 heterocycles. The zero-order chi connectivity index (χ0) is 25.7. The van der Waals surface area contributed by atoms with Crippen LogP contribution in [0.1, 0.15) is 54.7 Å². The first kappa shape index (κ1) is 24.9. The fraction of sp³-hybridized carbons (Fsp3) is 0.345. The van der Waals surface area contributed by atoms with E-state index in [0.717, 1.165) is 45.1 Å². The highest BCUT2D eigenvalue weighted by Gasteiger charge is 2.36. The Bertz CT molecular complexity index is 1310. The van der Waals surface area contributed by atoms with Crippen molar-refractivity contribution in [3.05, 3.63) is 75.8 Å². The molecule has 1 aliphatic rings. The van der Waals surface area contributed by atoms with E-state index in [-0.39, 0.29) is 12.1 Å². The topological polar surface area (TPSA) is 47.6 Å². The fourth-order valence-electron chi connectivity index (χ4n) is 4.86. The number of hydrogen-bond acceptors (Lipinski definition) is 4. The first-order valence-electron chi connectivity index (χ1n) is 11.7. The summed E-state index contributed by atoms with van der Waals surface area (Å²) in [6.07, 6.45) is -0.978. The number of benzene rings is 3. The number of rotatable bonds is 4. The van der Waals surface area contributed by atoms with Crippen LogP contribution in [-0.2, 0) is 20.8 Å². The second-order valence-electron chi connectivity index (χ2n) is 10.0. The summed E-state index contributed by atoms with van der Waals surface area (Å²) >= 11 is 0. The Morgan fingerprint density at radius 1 is 0.971 bits per heavy atom. The monoisotopic (exact) mass is 479 g/mol. The molecule has 184 valence electrons. The minimum Gasteiger partial charge on any atom is -0.467 e. The summed E-state index contributed by atoms with van der Waals surface area (Å²) in [6, 6.07) is 10.8. The third-order valence-corrected chi connectivity index (χ3v) is 6.44. The van der Waals surface area contributed by atoms with Gasteiger partial charge in [0.05, 0.1) is 12.7 Å². The Hall–Kier alpha value is -3.25. The van der Waals surface area contributed by atoms with Gasteiger partial charge in [0.15, 0.2) is 17.7 Å². The molecule has 0 aliphatic carbocycles. The van der Waals surface area contributed by atoms with Gasteiger partial charge < -0.3 is 14.8 Å². The Morgan fingerprint density at radius 2 is 1.63 bits per heavy atom. The first-order chi connectivity index (χ1) is 16.4. The lowest BCUT2D eigenvalue weighted by atomic mass is 9.80. The van der Waals surface area contributed by atoms with Crippen molar-refractivity contribution in [1.82, 2.24) is 0 Å². The van der Waals surface area contributed by atoms with Crippen molar-refractivity contribution in [3.63, 3.8) is 0 Å². The molecule has 0 saturated heterocycles. The molecule has 0 fully saturated rings. The third-order valence-electron chi connectivity index (χ3n) is 6.44. The summed E-state index contributed by atoms with van der Waals surface area (Å²) in [6.45, 7) is 11.7. The van der Waals surface area contributed by atoms with Gasteiger partial charge in [-0.2, -0.15) is 0 Å². The number of nitrogens with one attached hydrogen (secondary N) is 1. The lowest BCUT2D eigenvalue weighted by Crippen LogP contribution is -2.30. The number of esters is 1. The summed E-state index contributed by atoms with van der Waals surface area (Å²) < 4.78 is 40.2. The summed E-state index contributed by atoms with van der Waals surface area (Å²) in [5.41, 5.74) is 7.04. The van der Waals surface area contributed by atoms with E-state index < -0.39 is 29.3 Å². The molecule has 0 spiro atoms.